The van der Waals surface area contributed by atoms with E-state index in [1.165, 1.54) is 23.5 Å². The molecule has 0 aliphatic carbocycles. The van der Waals surface area contributed by atoms with Gasteiger partial charge in [-0.2, -0.15) is 13.2 Å². The van der Waals surface area contributed by atoms with E-state index < -0.39 is 11.7 Å². The number of hydrogen-bond acceptors (Lipinski definition) is 4. The SMILES string of the molecule is FC(F)(F)c1ccccc1CNCc1ncc(-c2ccccn2)s1. The number of aromatic nitrogens is 2. The van der Waals surface area contributed by atoms with Gasteiger partial charge < -0.3 is 5.32 Å². The monoisotopic (exact) mass is 349 g/mol. The highest BCUT2D eigenvalue weighted by molar-refractivity contribution is 7.15. The smallest absolute Gasteiger partial charge is 0.306 e. The predicted molar refractivity (Wildman–Crippen MR) is 87.3 cm³/mol. The van der Waals surface area contributed by atoms with Crippen LogP contribution in [-0.4, -0.2) is 9.97 Å². The summed E-state index contributed by atoms with van der Waals surface area (Å²) in [6.07, 6.45) is -0.902. The third-order valence-corrected chi connectivity index (χ3v) is 4.41. The summed E-state index contributed by atoms with van der Waals surface area (Å²) in [5.41, 5.74) is 0.459. The molecule has 124 valence electrons. The zero-order chi connectivity index (χ0) is 17.0. The zero-order valence-corrected chi connectivity index (χ0v) is 13.4. The number of hydrogen-bond donors (Lipinski definition) is 1. The molecule has 0 bridgehead atoms. The normalized spacial score (nSPS) is 11.6. The molecule has 3 nitrogen and oxygen atoms in total. The van der Waals surface area contributed by atoms with Crippen molar-refractivity contribution in [2.75, 3.05) is 0 Å². The number of nitrogens with zero attached hydrogens (tertiary/aromatic N) is 2. The second kappa shape index (κ2) is 7.11. The molecule has 0 amide bonds. The molecule has 0 radical (unpaired) electrons. The summed E-state index contributed by atoms with van der Waals surface area (Å²) in [5, 5.41) is 3.83. The van der Waals surface area contributed by atoms with Crippen molar-refractivity contribution in [1.29, 1.82) is 0 Å². The van der Waals surface area contributed by atoms with Crippen LogP contribution in [0, 0.1) is 0 Å². The van der Waals surface area contributed by atoms with E-state index in [-0.39, 0.29) is 12.1 Å². The van der Waals surface area contributed by atoms with Crippen LogP contribution in [0.3, 0.4) is 0 Å². The first-order valence-corrected chi connectivity index (χ1v) is 8.07. The Hall–Kier alpha value is -2.25. The van der Waals surface area contributed by atoms with E-state index in [2.05, 4.69) is 15.3 Å². The Morgan fingerprint density at radius 3 is 2.50 bits per heavy atom. The number of alkyl halides is 3. The average Bonchev–Trinajstić information content (AvgIpc) is 3.04. The highest BCUT2D eigenvalue weighted by Crippen LogP contribution is 2.31. The van der Waals surface area contributed by atoms with Gasteiger partial charge in [0.2, 0.25) is 0 Å². The molecular weight excluding hydrogens is 335 g/mol. The lowest BCUT2D eigenvalue weighted by Crippen LogP contribution is -2.17. The lowest BCUT2D eigenvalue weighted by molar-refractivity contribution is -0.138. The summed E-state index contributed by atoms with van der Waals surface area (Å²) in [6, 6.07) is 11.2. The van der Waals surface area contributed by atoms with Crippen molar-refractivity contribution in [3.05, 3.63) is 71.0 Å². The van der Waals surface area contributed by atoms with Crippen LogP contribution < -0.4 is 5.32 Å². The predicted octanol–water partition coefficient (Wildman–Crippen LogP) is 4.51. The van der Waals surface area contributed by atoms with Crippen LogP contribution in [0.15, 0.2) is 54.9 Å². The van der Waals surface area contributed by atoms with Crippen molar-refractivity contribution < 1.29 is 13.2 Å². The van der Waals surface area contributed by atoms with Gasteiger partial charge in [-0.15, -0.1) is 11.3 Å². The van der Waals surface area contributed by atoms with E-state index in [0.717, 1.165) is 21.6 Å². The van der Waals surface area contributed by atoms with Gasteiger partial charge in [-0.25, -0.2) is 4.98 Å². The van der Waals surface area contributed by atoms with Gasteiger partial charge in [-0.05, 0) is 23.8 Å². The Kier molecular flexibility index (Phi) is 4.92. The van der Waals surface area contributed by atoms with Gasteiger partial charge >= 0.3 is 6.18 Å². The lowest BCUT2D eigenvalue weighted by Gasteiger charge is -2.12. The van der Waals surface area contributed by atoms with Crippen molar-refractivity contribution in [2.24, 2.45) is 0 Å². The maximum absolute atomic E-state index is 12.9. The molecule has 0 aliphatic rings. The Balaban J connectivity index is 1.63. The van der Waals surface area contributed by atoms with Gasteiger partial charge in [0.05, 0.1) is 16.1 Å². The standard InChI is InChI=1S/C17H14F3N3S/c18-17(19,20)13-6-2-1-5-12(13)9-21-11-16-23-10-15(24-16)14-7-3-4-8-22-14/h1-8,10,21H,9,11H2. The number of benzene rings is 1. The molecule has 1 N–H and O–H groups in total. The fourth-order valence-electron chi connectivity index (χ4n) is 2.27. The van der Waals surface area contributed by atoms with Gasteiger partial charge in [0, 0.05) is 25.5 Å². The minimum atomic E-state index is -4.34. The Labute approximate surface area is 141 Å². The topological polar surface area (TPSA) is 37.8 Å². The molecule has 0 spiro atoms. The van der Waals surface area contributed by atoms with Crippen molar-refractivity contribution in [2.45, 2.75) is 19.3 Å². The first-order chi connectivity index (χ1) is 11.5. The van der Waals surface area contributed by atoms with Crippen LogP contribution in [-0.2, 0) is 19.3 Å². The molecule has 1 aromatic carbocycles. The van der Waals surface area contributed by atoms with Crippen LogP contribution in [0.5, 0.6) is 0 Å². The Morgan fingerprint density at radius 2 is 1.75 bits per heavy atom. The van der Waals surface area contributed by atoms with Gasteiger partial charge in [-0.3, -0.25) is 4.98 Å². The molecular formula is C17H14F3N3S. The number of halogens is 3. The van der Waals surface area contributed by atoms with Crippen LogP contribution in [0.4, 0.5) is 13.2 Å². The summed E-state index contributed by atoms with van der Waals surface area (Å²) < 4.78 is 38.8. The summed E-state index contributed by atoms with van der Waals surface area (Å²) in [7, 11) is 0. The fraction of sp³-hybridized carbons (Fsp3) is 0.176. The maximum atomic E-state index is 12.9. The highest BCUT2D eigenvalue weighted by atomic mass is 32.1. The first kappa shape index (κ1) is 16.6. The molecule has 24 heavy (non-hydrogen) atoms. The van der Waals surface area contributed by atoms with Crippen LogP contribution in [0.25, 0.3) is 10.6 Å². The van der Waals surface area contributed by atoms with Gasteiger partial charge in [0.1, 0.15) is 5.01 Å². The Bertz CT molecular complexity index is 800. The van der Waals surface area contributed by atoms with E-state index in [4.69, 9.17) is 0 Å². The fourth-order valence-corrected chi connectivity index (χ4v) is 3.14. The van der Waals surface area contributed by atoms with Gasteiger partial charge in [0.15, 0.2) is 0 Å². The van der Waals surface area contributed by atoms with E-state index in [0.29, 0.717) is 6.54 Å². The molecule has 0 aliphatic heterocycles. The van der Waals surface area contributed by atoms with E-state index in [1.807, 2.05) is 18.2 Å². The van der Waals surface area contributed by atoms with Crippen molar-refractivity contribution in [3.63, 3.8) is 0 Å². The molecule has 2 aromatic heterocycles. The molecule has 0 atom stereocenters. The number of nitrogens with one attached hydrogen (secondary N) is 1. The third kappa shape index (κ3) is 3.98. The molecule has 0 saturated heterocycles. The molecule has 2 heterocycles. The van der Waals surface area contributed by atoms with Crippen LogP contribution >= 0.6 is 11.3 Å². The summed E-state index contributed by atoms with van der Waals surface area (Å²) in [5.74, 6) is 0. The van der Waals surface area contributed by atoms with E-state index in [1.54, 1.807) is 18.5 Å². The van der Waals surface area contributed by atoms with E-state index >= 15 is 0 Å². The Morgan fingerprint density at radius 1 is 0.958 bits per heavy atom. The number of thiazole rings is 1. The molecule has 7 heteroatoms. The van der Waals surface area contributed by atoms with Crippen LogP contribution in [0.1, 0.15) is 16.1 Å². The average molecular weight is 349 g/mol. The molecule has 0 unspecified atom stereocenters. The van der Waals surface area contributed by atoms with Crippen molar-refractivity contribution >= 4 is 11.3 Å². The molecule has 3 rings (SSSR count). The molecule has 0 saturated carbocycles. The summed E-state index contributed by atoms with van der Waals surface area (Å²) >= 11 is 1.47. The van der Waals surface area contributed by atoms with Crippen LogP contribution in [0.2, 0.25) is 0 Å². The number of rotatable bonds is 5. The quantitative estimate of drug-likeness (QED) is 0.736. The minimum absolute atomic E-state index is 0.133. The lowest BCUT2D eigenvalue weighted by atomic mass is 10.1. The van der Waals surface area contributed by atoms with E-state index in [9.17, 15) is 13.2 Å². The highest BCUT2D eigenvalue weighted by Gasteiger charge is 2.32. The number of pyridine rings is 1. The summed E-state index contributed by atoms with van der Waals surface area (Å²) in [4.78, 5) is 9.48. The molecule has 0 fully saturated rings. The van der Waals surface area contributed by atoms with Crippen molar-refractivity contribution in [3.8, 4) is 10.6 Å². The molecule has 3 aromatic rings. The largest absolute Gasteiger partial charge is 0.416 e. The van der Waals surface area contributed by atoms with Crippen molar-refractivity contribution in [1.82, 2.24) is 15.3 Å². The first-order valence-electron chi connectivity index (χ1n) is 7.26. The second-order valence-electron chi connectivity index (χ2n) is 5.09. The third-order valence-electron chi connectivity index (χ3n) is 3.39. The zero-order valence-electron chi connectivity index (χ0n) is 12.5. The summed E-state index contributed by atoms with van der Waals surface area (Å²) in [6.45, 7) is 0.540. The van der Waals surface area contributed by atoms with Gasteiger partial charge in [-0.1, -0.05) is 24.3 Å². The second-order valence-corrected chi connectivity index (χ2v) is 6.21. The maximum Gasteiger partial charge on any atom is 0.416 e. The minimum Gasteiger partial charge on any atom is -0.306 e. The van der Waals surface area contributed by atoms with Gasteiger partial charge in [0.25, 0.3) is 0 Å².